The molecular formula is C20H26BrF3N2O3SSi. The summed E-state index contributed by atoms with van der Waals surface area (Å²) in [5.41, 5.74) is -1.63. The number of ether oxygens (including phenoxy) is 2. The van der Waals surface area contributed by atoms with Crippen LogP contribution in [-0.2, 0) is 15.0 Å². The molecule has 0 saturated heterocycles. The summed E-state index contributed by atoms with van der Waals surface area (Å²) in [6.07, 6.45) is -0.531. The Morgan fingerprint density at radius 3 is 2.74 bits per heavy atom. The van der Waals surface area contributed by atoms with Crippen LogP contribution < -0.4 is 5.32 Å². The van der Waals surface area contributed by atoms with Crippen molar-refractivity contribution >= 4 is 47.1 Å². The number of thioether (sulfide) groups is 1. The standard InChI is InChI=1S/C20H26BrF3N2O3SSi/c1-31(2,3)7-6-28-12-25-17(27)29-18-26-20(11-23,16-9-19(16,10-22)30-18)14-8-13(21)4-5-15(14)24/h4-5,8,16H,6-7,9-12H2,1-3H3,(H,25,27)/t16-,19-,20-/m1/s1. The molecule has 11 heteroatoms. The molecule has 1 aliphatic heterocycles. The van der Waals surface area contributed by atoms with Gasteiger partial charge in [0.1, 0.15) is 31.4 Å². The van der Waals surface area contributed by atoms with Gasteiger partial charge in [0.05, 0.1) is 4.75 Å². The first-order valence-corrected chi connectivity index (χ1v) is 15.3. The number of amides is 1. The molecule has 2 aliphatic rings. The fourth-order valence-electron chi connectivity index (χ4n) is 3.61. The largest absolute Gasteiger partial charge is 0.416 e. The van der Waals surface area contributed by atoms with Gasteiger partial charge in [0.25, 0.3) is 5.23 Å². The molecule has 1 aliphatic carbocycles. The molecule has 5 nitrogen and oxygen atoms in total. The molecule has 3 atom stereocenters. The number of nitrogens with zero attached hydrogens (tertiary/aromatic N) is 1. The molecule has 1 N–H and O–H groups in total. The molecule has 1 heterocycles. The highest BCUT2D eigenvalue weighted by Gasteiger charge is 2.69. The van der Waals surface area contributed by atoms with Gasteiger partial charge in [-0.2, -0.15) is 0 Å². The van der Waals surface area contributed by atoms with Crippen molar-refractivity contribution in [3.05, 3.63) is 34.1 Å². The zero-order chi connectivity index (χ0) is 22.9. The Morgan fingerprint density at radius 2 is 2.10 bits per heavy atom. The van der Waals surface area contributed by atoms with Crippen molar-refractivity contribution in [2.75, 3.05) is 26.7 Å². The number of hydrogen-bond donors (Lipinski definition) is 1. The number of rotatable bonds is 8. The normalized spacial score (nSPS) is 27.3. The first-order valence-electron chi connectivity index (χ1n) is 9.95. The summed E-state index contributed by atoms with van der Waals surface area (Å²) in [7, 11) is -1.24. The number of carbonyl (C=O) groups is 1. The van der Waals surface area contributed by atoms with Crippen LogP contribution in [0.3, 0.4) is 0 Å². The van der Waals surface area contributed by atoms with Gasteiger partial charge in [0.15, 0.2) is 0 Å². The Balaban J connectivity index is 1.74. The molecule has 31 heavy (non-hydrogen) atoms. The molecule has 1 aromatic rings. The van der Waals surface area contributed by atoms with Crippen LogP contribution in [0.4, 0.5) is 18.0 Å². The molecule has 1 saturated carbocycles. The third-order valence-corrected chi connectivity index (χ3v) is 9.02. The summed E-state index contributed by atoms with van der Waals surface area (Å²) in [5, 5.41) is 2.27. The molecule has 0 radical (unpaired) electrons. The van der Waals surface area contributed by atoms with Crippen molar-refractivity contribution in [2.45, 2.75) is 42.4 Å². The van der Waals surface area contributed by atoms with Gasteiger partial charge in [-0.15, -0.1) is 0 Å². The zero-order valence-corrected chi connectivity index (χ0v) is 21.0. The van der Waals surface area contributed by atoms with E-state index in [0.29, 0.717) is 17.5 Å². The predicted molar refractivity (Wildman–Crippen MR) is 122 cm³/mol. The fourth-order valence-corrected chi connectivity index (χ4v) is 6.04. The monoisotopic (exact) mass is 538 g/mol. The van der Waals surface area contributed by atoms with Crippen LogP contribution in [0.5, 0.6) is 0 Å². The summed E-state index contributed by atoms with van der Waals surface area (Å²) >= 11 is 4.23. The zero-order valence-electron chi connectivity index (χ0n) is 17.6. The minimum Gasteiger partial charge on any atom is -0.385 e. The minimum atomic E-state index is -1.64. The van der Waals surface area contributed by atoms with Crippen LogP contribution in [0.15, 0.2) is 27.7 Å². The van der Waals surface area contributed by atoms with E-state index in [1.54, 1.807) is 0 Å². The number of aliphatic imine (C=N–C) groups is 1. The fraction of sp³-hybridized carbons (Fsp3) is 0.600. The molecule has 3 rings (SSSR count). The number of hydrogen-bond acceptors (Lipinski definition) is 5. The Hall–Kier alpha value is -1.04. The number of alkyl halides is 2. The van der Waals surface area contributed by atoms with E-state index in [1.165, 1.54) is 18.2 Å². The second-order valence-corrected chi connectivity index (χ2v) is 16.9. The number of nitrogens with one attached hydrogen (secondary N) is 1. The van der Waals surface area contributed by atoms with E-state index < -0.39 is 49.5 Å². The molecular weight excluding hydrogens is 513 g/mol. The molecule has 1 aromatic carbocycles. The van der Waals surface area contributed by atoms with E-state index in [0.717, 1.165) is 17.8 Å². The third-order valence-electron chi connectivity index (χ3n) is 5.50. The predicted octanol–water partition coefficient (Wildman–Crippen LogP) is 5.62. The second-order valence-electron chi connectivity index (χ2n) is 9.05. The van der Waals surface area contributed by atoms with Crippen molar-refractivity contribution in [3.8, 4) is 0 Å². The van der Waals surface area contributed by atoms with Crippen LogP contribution in [-0.4, -0.2) is 50.8 Å². The van der Waals surface area contributed by atoms with E-state index >= 15 is 0 Å². The van der Waals surface area contributed by atoms with Gasteiger partial charge >= 0.3 is 6.09 Å². The van der Waals surface area contributed by atoms with E-state index in [2.05, 4.69) is 45.9 Å². The van der Waals surface area contributed by atoms with Gasteiger partial charge in [-0.25, -0.2) is 23.0 Å². The minimum absolute atomic E-state index is 0.0150. The van der Waals surface area contributed by atoms with Crippen LogP contribution in [0.2, 0.25) is 25.7 Å². The highest BCUT2D eigenvalue weighted by molar-refractivity contribution is 9.10. The average Bonchev–Trinajstić information content (AvgIpc) is 3.43. The SMILES string of the molecule is C[Si](C)(C)CCOCNC(=O)OC1=N[C@](CF)(c2cc(Br)ccc2F)[C@@H]2C[C@]2(CF)S1. The lowest BCUT2D eigenvalue weighted by Crippen LogP contribution is -2.40. The molecule has 0 aromatic heterocycles. The van der Waals surface area contributed by atoms with E-state index in [4.69, 9.17) is 9.47 Å². The number of benzene rings is 1. The quantitative estimate of drug-likeness (QED) is 0.265. The lowest BCUT2D eigenvalue weighted by molar-refractivity contribution is 0.120. The summed E-state index contributed by atoms with van der Waals surface area (Å²) < 4.78 is 53.1. The lowest BCUT2D eigenvalue weighted by Gasteiger charge is -2.34. The number of alkyl carbamates (subject to hydrolysis) is 1. The summed E-state index contributed by atoms with van der Waals surface area (Å²) in [6, 6.07) is 5.09. The first-order chi connectivity index (χ1) is 14.5. The van der Waals surface area contributed by atoms with Crippen LogP contribution in [0.25, 0.3) is 0 Å². The highest BCUT2D eigenvalue weighted by atomic mass is 79.9. The third kappa shape index (κ3) is 5.48. The molecule has 172 valence electrons. The van der Waals surface area contributed by atoms with E-state index in [9.17, 15) is 18.0 Å². The Bertz CT molecular complexity index is 873. The maximum atomic E-state index is 14.6. The molecule has 0 unspecified atom stereocenters. The average molecular weight is 539 g/mol. The summed E-state index contributed by atoms with van der Waals surface area (Å²) in [4.78, 5) is 16.5. The number of fused-ring (bicyclic) bond motifs is 1. The summed E-state index contributed by atoms with van der Waals surface area (Å²) in [5.74, 6) is -1.18. The second kappa shape index (κ2) is 9.44. The van der Waals surface area contributed by atoms with Crippen molar-refractivity contribution in [1.29, 1.82) is 0 Å². The Kier molecular flexibility index (Phi) is 7.49. The molecule has 1 amide bonds. The lowest BCUT2D eigenvalue weighted by atomic mass is 9.85. The maximum absolute atomic E-state index is 14.6. The Labute approximate surface area is 193 Å². The number of halogens is 4. The van der Waals surface area contributed by atoms with Crippen molar-refractivity contribution < 1.29 is 27.4 Å². The van der Waals surface area contributed by atoms with Gasteiger partial charge in [0.2, 0.25) is 0 Å². The first kappa shape index (κ1) is 24.6. The van der Waals surface area contributed by atoms with Crippen LogP contribution >= 0.6 is 27.7 Å². The van der Waals surface area contributed by atoms with Gasteiger partial charge in [-0.1, -0.05) is 47.3 Å². The van der Waals surface area contributed by atoms with Crippen LogP contribution in [0, 0.1) is 11.7 Å². The molecule has 0 bridgehead atoms. The topological polar surface area (TPSA) is 59.9 Å². The molecule has 0 spiro atoms. The van der Waals surface area contributed by atoms with Gasteiger partial charge in [-0.05, 0) is 30.7 Å². The van der Waals surface area contributed by atoms with Crippen LogP contribution in [0.1, 0.15) is 12.0 Å². The number of carbonyl (C=O) groups excluding carboxylic acids is 1. The van der Waals surface area contributed by atoms with Crippen molar-refractivity contribution in [2.24, 2.45) is 10.9 Å². The van der Waals surface area contributed by atoms with Gasteiger partial charge in [-0.3, -0.25) is 5.32 Å². The summed E-state index contributed by atoms with van der Waals surface area (Å²) in [6.45, 7) is 5.32. The smallest absolute Gasteiger partial charge is 0.385 e. The molecule has 1 fully saturated rings. The maximum Gasteiger partial charge on any atom is 0.416 e. The van der Waals surface area contributed by atoms with E-state index in [-0.39, 0.29) is 17.5 Å². The van der Waals surface area contributed by atoms with Crippen molar-refractivity contribution in [3.63, 3.8) is 0 Å². The Morgan fingerprint density at radius 1 is 1.35 bits per heavy atom. The van der Waals surface area contributed by atoms with Gasteiger partial charge < -0.3 is 9.47 Å². The van der Waals surface area contributed by atoms with Gasteiger partial charge in [0, 0.05) is 30.6 Å². The highest BCUT2D eigenvalue weighted by Crippen LogP contribution is 2.66. The van der Waals surface area contributed by atoms with E-state index in [1.807, 2.05) is 0 Å². The van der Waals surface area contributed by atoms with Crippen molar-refractivity contribution in [1.82, 2.24) is 5.32 Å².